The topological polar surface area (TPSA) is 32.3 Å². The molecule has 1 atom stereocenters. The number of amides is 1. The highest BCUT2D eigenvalue weighted by atomic mass is 19.1. The summed E-state index contributed by atoms with van der Waals surface area (Å²) in [6.45, 7) is 3.39. The Morgan fingerprint density at radius 1 is 1.75 bits per heavy atom. The Labute approximate surface area is 71.9 Å². The molecular weight excluding hydrogens is 159 g/mol. The first kappa shape index (κ1) is 9.45. The third-order valence-corrected chi connectivity index (χ3v) is 2.26. The summed E-state index contributed by atoms with van der Waals surface area (Å²) in [5.41, 5.74) is 0. The van der Waals surface area contributed by atoms with Crippen molar-refractivity contribution < 1.29 is 9.18 Å². The standard InChI is InChI=1S/C8H15FN2O/c1-7(12)11-3-2-8(5-11)4-10-6-9/h8,10H,2-6H2,1H3. The van der Waals surface area contributed by atoms with Crippen molar-refractivity contribution in [1.82, 2.24) is 10.2 Å². The molecule has 1 unspecified atom stereocenters. The van der Waals surface area contributed by atoms with Crippen molar-refractivity contribution in [2.75, 3.05) is 26.4 Å². The number of carbonyl (C=O) groups excluding carboxylic acids is 1. The second-order valence-electron chi connectivity index (χ2n) is 3.21. The Kier molecular flexibility index (Phi) is 3.47. The number of rotatable bonds is 3. The fourth-order valence-corrected chi connectivity index (χ4v) is 1.54. The Hall–Kier alpha value is -0.640. The van der Waals surface area contributed by atoms with E-state index in [1.807, 2.05) is 4.90 Å². The Morgan fingerprint density at radius 2 is 2.50 bits per heavy atom. The molecule has 4 heteroatoms. The average Bonchev–Trinajstić information content (AvgIpc) is 2.48. The molecule has 0 aromatic heterocycles. The predicted octanol–water partition coefficient (Wildman–Crippen LogP) is 0.371. The van der Waals surface area contributed by atoms with E-state index in [4.69, 9.17) is 0 Å². The second-order valence-corrected chi connectivity index (χ2v) is 3.21. The van der Waals surface area contributed by atoms with Crippen LogP contribution in [0.15, 0.2) is 0 Å². The molecule has 0 radical (unpaired) electrons. The molecule has 1 N–H and O–H groups in total. The van der Waals surface area contributed by atoms with Crippen LogP contribution in [0.1, 0.15) is 13.3 Å². The molecule has 70 valence electrons. The first-order valence-corrected chi connectivity index (χ1v) is 4.26. The van der Waals surface area contributed by atoms with Crippen molar-refractivity contribution in [3.05, 3.63) is 0 Å². The van der Waals surface area contributed by atoms with Gasteiger partial charge in [-0.05, 0) is 12.3 Å². The fraction of sp³-hybridized carbons (Fsp3) is 0.875. The Bertz CT molecular complexity index is 163. The van der Waals surface area contributed by atoms with Crippen LogP contribution in [0.4, 0.5) is 4.39 Å². The summed E-state index contributed by atoms with van der Waals surface area (Å²) in [5.74, 6) is 0.558. The maximum Gasteiger partial charge on any atom is 0.219 e. The number of likely N-dealkylation sites (tertiary alicyclic amines) is 1. The van der Waals surface area contributed by atoms with Crippen LogP contribution in [0.3, 0.4) is 0 Å². The summed E-state index contributed by atoms with van der Waals surface area (Å²) in [6, 6.07) is 0. The quantitative estimate of drug-likeness (QED) is 0.627. The van der Waals surface area contributed by atoms with E-state index < -0.39 is 6.80 Å². The lowest BCUT2D eigenvalue weighted by Crippen LogP contribution is -2.28. The number of carbonyl (C=O) groups is 1. The molecule has 1 aliphatic rings. The monoisotopic (exact) mass is 174 g/mol. The van der Waals surface area contributed by atoms with Crippen molar-refractivity contribution in [3.63, 3.8) is 0 Å². The maximum atomic E-state index is 11.7. The highest BCUT2D eigenvalue weighted by molar-refractivity contribution is 5.73. The van der Waals surface area contributed by atoms with E-state index in [0.29, 0.717) is 12.5 Å². The van der Waals surface area contributed by atoms with Crippen LogP contribution in [0.5, 0.6) is 0 Å². The van der Waals surface area contributed by atoms with Gasteiger partial charge in [0.15, 0.2) is 0 Å². The van der Waals surface area contributed by atoms with Gasteiger partial charge in [0.2, 0.25) is 5.91 Å². The summed E-state index contributed by atoms with van der Waals surface area (Å²) in [5, 5.41) is 2.65. The summed E-state index contributed by atoms with van der Waals surface area (Å²) in [6.07, 6.45) is 0.993. The predicted molar refractivity (Wildman–Crippen MR) is 44.3 cm³/mol. The van der Waals surface area contributed by atoms with Gasteiger partial charge in [0.05, 0.1) is 0 Å². The number of hydrogen-bond donors (Lipinski definition) is 1. The number of halogens is 1. The van der Waals surface area contributed by atoms with Gasteiger partial charge in [-0.1, -0.05) is 0 Å². The van der Waals surface area contributed by atoms with Gasteiger partial charge >= 0.3 is 0 Å². The summed E-state index contributed by atoms with van der Waals surface area (Å²) in [4.78, 5) is 12.7. The lowest BCUT2D eigenvalue weighted by molar-refractivity contribution is -0.127. The molecule has 0 aromatic rings. The van der Waals surface area contributed by atoms with Crippen LogP contribution in [0, 0.1) is 5.92 Å². The molecule has 1 saturated heterocycles. The van der Waals surface area contributed by atoms with Crippen molar-refractivity contribution >= 4 is 5.91 Å². The molecule has 3 nitrogen and oxygen atoms in total. The van der Waals surface area contributed by atoms with Gasteiger partial charge in [-0.3, -0.25) is 10.1 Å². The first-order chi connectivity index (χ1) is 5.74. The van der Waals surface area contributed by atoms with Gasteiger partial charge in [-0.2, -0.15) is 0 Å². The van der Waals surface area contributed by atoms with Crippen LogP contribution in [-0.2, 0) is 4.79 Å². The molecule has 1 amide bonds. The summed E-state index contributed by atoms with van der Waals surface area (Å²) in [7, 11) is 0. The minimum absolute atomic E-state index is 0.123. The van der Waals surface area contributed by atoms with Crippen LogP contribution < -0.4 is 5.32 Å². The molecule has 0 aromatic carbocycles. The van der Waals surface area contributed by atoms with Crippen LogP contribution >= 0.6 is 0 Å². The zero-order valence-electron chi connectivity index (χ0n) is 7.35. The van der Waals surface area contributed by atoms with Crippen molar-refractivity contribution in [2.24, 2.45) is 5.92 Å². The van der Waals surface area contributed by atoms with Crippen molar-refractivity contribution in [3.8, 4) is 0 Å². The zero-order valence-corrected chi connectivity index (χ0v) is 7.35. The third kappa shape index (κ3) is 2.44. The van der Waals surface area contributed by atoms with Gasteiger partial charge in [0.1, 0.15) is 6.80 Å². The second kappa shape index (κ2) is 4.40. The molecule has 1 aliphatic heterocycles. The van der Waals surface area contributed by atoms with E-state index in [9.17, 15) is 9.18 Å². The molecule has 0 bridgehead atoms. The van der Waals surface area contributed by atoms with E-state index >= 15 is 0 Å². The van der Waals surface area contributed by atoms with Gasteiger partial charge in [-0.25, -0.2) is 4.39 Å². The minimum Gasteiger partial charge on any atom is -0.343 e. The number of alkyl halides is 1. The number of hydrogen-bond acceptors (Lipinski definition) is 2. The Balaban J connectivity index is 2.21. The van der Waals surface area contributed by atoms with E-state index in [1.165, 1.54) is 0 Å². The fourth-order valence-electron chi connectivity index (χ4n) is 1.54. The normalized spacial score (nSPS) is 23.2. The SMILES string of the molecule is CC(=O)N1CCC(CNCF)C1. The molecule has 12 heavy (non-hydrogen) atoms. The van der Waals surface area contributed by atoms with Gasteiger partial charge < -0.3 is 4.90 Å². The number of nitrogens with one attached hydrogen (secondary N) is 1. The van der Waals surface area contributed by atoms with E-state index in [1.54, 1.807) is 6.92 Å². The van der Waals surface area contributed by atoms with Crippen LogP contribution in [0.2, 0.25) is 0 Å². The van der Waals surface area contributed by atoms with Crippen molar-refractivity contribution in [2.45, 2.75) is 13.3 Å². The van der Waals surface area contributed by atoms with Gasteiger partial charge in [-0.15, -0.1) is 0 Å². The Morgan fingerprint density at radius 3 is 3.00 bits per heavy atom. The highest BCUT2D eigenvalue weighted by Crippen LogP contribution is 2.14. The largest absolute Gasteiger partial charge is 0.343 e. The van der Waals surface area contributed by atoms with Crippen LogP contribution in [-0.4, -0.2) is 37.2 Å². The molecule has 0 saturated carbocycles. The lowest BCUT2D eigenvalue weighted by atomic mass is 10.1. The average molecular weight is 174 g/mol. The van der Waals surface area contributed by atoms with Gasteiger partial charge in [0.25, 0.3) is 0 Å². The molecule has 1 rings (SSSR count). The van der Waals surface area contributed by atoms with Crippen LogP contribution in [0.25, 0.3) is 0 Å². The smallest absolute Gasteiger partial charge is 0.219 e. The lowest BCUT2D eigenvalue weighted by Gasteiger charge is -2.13. The van der Waals surface area contributed by atoms with E-state index in [0.717, 1.165) is 19.5 Å². The van der Waals surface area contributed by atoms with Crippen molar-refractivity contribution in [1.29, 1.82) is 0 Å². The highest BCUT2D eigenvalue weighted by Gasteiger charge is 2.23. The van der Waals surface area contributed by atoms with E-state index in [-0.39, 0.29) is 5.91 Å². The first-order valence-electron chi connectivity index (χ1n) is 4.26. The zero-order chi connectivity index (χ0) is 8.97. The third-order valence-electron chi connectivity index (χ3n) is 2.26. The molecule has 0 spiro atoms. The number of nitrogens with zero attached hydrogens (tertiary/aromatic N) is 1. The molecular formula is C8H15FN2O. The summed E-state index contributed by atoms with van der Waals surface area (Å²) >= 11 is 0. The molecule has 1 heterocycles. The van der Waals surface area contributed by atoms with E-state index in [2.05, 4.69) is 5.32 Å². The maximum absolute atomic E-state index is 11.7. The minimum atomic E-state index is -0.476. The molecule has 1 fully saturated rings. The summed E-state index contributed by atoms with van der Waals surface area (Å²) < 4.78 is 11.7. The molecule has 0 aliphatic carbocycles. The van der Waals surface area contributed by atoms with Gasteiger partial charge in [0, 0.05) is 26.6 Å².